The van der Waals surface area contributed by atoms with E-state index in [1.54, 1.807) is 0 Å². The van der Waals surface area contributed by atoms with Crippen LogP contribution in [0.5, 0.6) is 0 Å². The topological polar surface area (TPSA) is 362 Å². The second kappa shape index (κ2) is 16.5. The van der Waals surface area contributed by atoms with Crippen LogP contribution in [0, 0.1) is 0 Å². The van der Waals surface area contributed by atoms with Gasteiger partial charge in [0.25, 0.3) is 15.6 Å². The first kappa shape index (κ1) is 41.1. The number of phosphoric ester groups is 2. The van der Waals surface area contributed by atoms with Crippen LogP contribution in [0.3, 0.4) is 0 Å². The monoisotopic (exact) mass is 785 g/mol. The second-order valence-corrected chi connectivity index (χ2v) is 13.9. The average Bonchev–Trinajstić information content (AvgIpc) is 3.57. The van der Waals surface area contributed by atoms with Crippen molar-refractivity contribution in [3.05, 3.63) is 12.7 Å². The zero-order valence-corrected chi connectivity index (χ0v) is 29.2. The lowest BCUT2D eigenvalue weighted by molar-refractivity contribution is -0.318. The van der Waals surface area contributed by atoms with Gasteiger partial charge in [-0.05, 0) is 0 Å². The third kappa shape index (κ3) is 9.83. The maximum atomic E-state index is 13.0. The van der Waals surface area contributed by atoms with Crippen molar-refractivity contribution < 1.29 is 95.2 Å². The number of nitrogens with two attached hydrogens (primary N) is 1. The van der Waals surface area contributed by atoms with Gasteiger partial charge in [0.05, 0.1) is 19.5 Å². The smallest absolute Gasteiger partial charge is 0.303 e. The Morgan fingerprint density at radius 1 is 0.904 bits per heavy atom. The molecule has 2 saturated heterocycles. The van der Waals surface area contributed by atoms with Crippen molar-refractivity contribution in [2.24, 2.45) is 0 Å². The number of carbonyl (C=O) groups excluding carboxylic acids is 4. The van der Waals surface area contributed by atoms with Crippen molar-refractivity contribution in [3.8, 4) is 0 Å². The lowest BCUT2D eigenvalue weighted by Crippen LogP contribution is -2.65. The highest BCUT2D eigenvalue weighted by Gasteiger charge is 2.56. The molecule has 0 amide bonds. The molecule has 3 unspecified atom stereocenters. The first-order valence-electron chi connectivity index (χ1n) is 14.8. The molecule has 0 saturated carbocycles. The molecular weight excluding hydrogens is 752 g/mol. The maximum Gasteiger partial charge on any atom is 0.303 e. The molecule has 5 N–H and O–H groups in total. The number of rotatable bonds is 14. The summed E-state index contributed by atoms with van der Waals surface area (Å²) < 4.78 is 71.6. The van der Waals surface area contributed by atoms with Gasteiger partial charge in [0.2, 0.25) is 6.29 Å². The number of nitrogen functional groups attached to an aromatic ring is 1. The van der Waals surface area contributed by atoms with Crippen molar-refractivity contribution >= 4 is 56.5 Å². The largest absolute Gasteiger partial charge is 0.756 e. The molecule has 0 aromatic carbocycles. The van der Waals surface area contributed by atoms with E-state index in [2.05, 4.69) is 23.8 Å². The normalized spacial score (nSPS) is 30.4. The fourth-order valence-corrected chi connectivity index (χ4v) is 7.30. The van der Waals surface area contributed by atoms with E-state index >= 15 is 0 Å². The number of aromatic nitrogens is 4. The molecule has 52 heavy (non-hydrogen) atoms. The van der Waals surface area contributed by atoms with E-state index in [4.69, 9.17) is 38.7 Å². The molecule has 0 radical (unpaired) electrons. The molecule has 2 aliphatic rings. The number of ether oxygens (including phenoxy) is 6. The molecule has 0 spiro atoms. The Morgan fingerprint density at radius 3 is 2.12 bits per heavy atom. The van der Waals surface area contributed by atoms with Gasteiger partial charge in [0, 0.05) is 27.7 Å². The molecule has 290 valence electrons. The molecule has 4 heterocycles. The Balaban J connectivity index is 1.53. The molecule has 2 aromatic rings. The molecule has 25 nitrogen and oxygen atoms in total. The fourth-order valence-electron chi connectivity index (χ4n) is 5.22. The first-order valence-corrected chi connectivity index (χ1v) is 17.7. The van der Waals surface area contributed by atoms with Crippen LogP contribution in [0.4, 0.5) is 5.82 Å². The van der Waals surface area contributed by atoms with Crippen LogP contribution in [0.1, 0.15) is 33.9 Å². The average molecular weight is 786 g/mol. The Labute approximate surface area is 292 Å². The molecule has 12 atom stereocenters. The fraction of sp³-hybridized carbons (Fsp3) is 0.640. The SMILES string of the molecule is CC(=O)O[C@@H]1[C@@H]([C@H](CO)OC(C)=O)OC(OP(=O)([O-])OP(=O)([O-])OC[C@H]2O[C@@H](n3cnc4c(N)ncnc43)[C@H](O)[C@@H]2O)[C@@H](OC(C)=O)[C@H]1OC(C)=O. The van der Waals surface area contributed by atoms with E-state index in [0.717, 1.165) is 40.3 Å². The summed E-state index contributed by atoms with van der Waals surface area (Å²) >= 11 is 0. The Kier molecular flexibility index (Phi) is 13.1. The van der Waals surface area contributed by atoms with Crippen LogP contribution >= 0.6 is 15.6 Å². The number of phosphoric acid groups is 2. The van der Waals surface area contributed by atoms with Crippen LogP contribution in [0.15, 0.2) is 12.7 Å². The maximum absolute atomic E-state index is 13.0. The minimum atomic E-state index is -6.21. The molecule has 2 aromatic heterocycles. The third-order valence-electron chi connectivity index (χ3n) is 7.13. The third-order valence-corrected chi connectivity index (χ3v) is 9.66. The van der Waals surface area contributed by atoms with E-state index in [0.29, 0.717) is 0 Å². The van der Waals surface area contributed by atoms with Gasteiger partial charge in [0.15, 0.2) is 42.1 Å². The number of hydrogen-bond acceptors (Lipinski definition) is 24. The number of aliphatic hydroxyl groups is 3. The zero-order chi connectivity index (χ0) is 38.7. The van der Waals surface area contributed by atoms with E-state index in [1.807, 2.05) is 0 Å². The van der Waals surface area contributed by atoms with Crippen molar-refractivity contribution in [1.29, 1.82) is 0 Å². The zero-order valence-electron chi connectivity index (χ0n) is 27.4. The summed E-state index contributed by atoms with van der Waals surface area (Å²) in [6.07, 6.45) is -16.5. The number of imidazole rings is 1. The van der Waals surface area contributed by atoms with E-state index < -0.39 is 114 Å². The predicted octanol–water partition coefficient (Wildman–Crippen LogP) is -3.54. The first-order chi connectivity index (χ1) is 24.2. The Morgan fingerprint density at radius 2 is 1.52 bits per heavy atom. The van der Waals surface area contributed by atoms with Crippen LogP contribution < -0.4 is 15.5 Å². The molecular formula is C25H33N5O20P2-2. The lowest BCUT2D eigenvalue weighted by Gasteiger charge is -2.46. The number of hydrogen-bond donors (Lipinski definition) is 4. The summed E-state index contributed by atoms with van der Waals surface area (Å²) in [5.74, 6) is -4.34. The standard InChI is InChI=1S/C25H35N5O20P2/c1-9(32)43-13(5-31)18-19(44-10(2)33)20(45-11(3)34)21(46-12(4)35)25(48-18)49-52(40,41)50-51(38,39)42-6-14-16(36)17(37)24(47-14)30-8-29-15-22(26)27-7-28-23(15)30/h7-8,13-14,16-21,24-25,31,36-37H,5-6H2,1-4H3,(H,38,39)(H,40,41)(H2,26,27,28)/p-2/t13-,14+,16+,17+,18+,19+,20-,21-,24+,25?/m0/s1. The predicted molar refractivity (Wildman–Crippen MR) is 157 cm³/mol. The van der Waals surface area contributed by atoms with Gasteiger partial charge in [-0.25, -0.2) is 19.3 Å². The summed E-state index contributed by atoms with van der Waals surface area (Å²) in [6, 6.07) is 0. The second-order valence-electron chi connectivity index (χ2n) is 11.0. The number of esters is 4. The molecule has 2 fully saturated rings. The number of aliphatic hydroxyl groups excluding tert-OH is 3. The van der Waals surface area contributed by atoms with Crippen molar-refractivity contribution in [2.45, 2.75) is 89.0 Å². The molecule has 27 heteroatoms. The summed E-state index contributed by atoms with van der Waals surface area (Å²) in [4.78, 5) is 85.2. The van der Waals surface area contributed by atoms with Gasteiger partial charge in [-0.15, -0.1) is 0 Å². The highest BCUT2D eigenvalue weighted by molar-refractivity contribution is 7.59. The van der Waals surface area contributed by atoms with Crippen molar-refractivity contribution in [3.63, 3.8) is 0 Å². The Hall–Kier alpha value is -3.71. The van der Waals surface area contributed by atoms with Crippen LogP contribution in [0.2, 0.25) is 0 Å². The molecule has 4 rings (SSSR count). The van der Waals surface area contributed by atoms with Gasteiger partial charge < -0.3 is 63.8 Å². The van der Waals surface area contributed by atoms with E-state index in [9.17, 15) is 53.4 Å². The van der Waals surface area contributed by atoms with Gasteiger partial charge >= 0.3 is 23.9 Å². The highest BCUT2D eigenvalue weighted by Crippen LogP contribution is 2.57. The minimum absolute atomic E-state index is 0.0117. The number of nitrogens with zero attached hydrogens (tertiary/aromatic N) is 4. The minimum Gasteiger partial charge on any atom is -0.756 e. The van der Waals surface area contributed by atoms with Crippen molar-refractivity contribution in [1.82, 2.24) is 19.5 Å². The van der Waals surface area contributed by atoms with Gasteiger partial charge in [0.1, 0.15) is 36.3 Å². The van der Waals surface area contributed by atoms with Gasteiger partial charge in [-0.3, -0.25) is 37.4 Å². The molecule has 0 bridgehead atoms. The van der Waals surface area contributed by atoms with Crippen LogP contribution in [-0.2, 0) is 70.1 Å². The summed E-state index contributed by atoms with van der Waals surface area (Å²) in [5.41, 5.74) is 5.96. The van der Waals surface area contributed by atoms with E-state index in [-0.39, 0.29) is 17.0 Å². The summed E-state index contributed by atoms with van der Waals surface area (Å²) in [6.45, 7) is 1.33. The summed E-state index contributed by atoms with van der Waals surface area (Å²) in [5, 5.41) is 31.0. The van der Waals surface area contributed by atoms with Gasteiger partial charge in [-0.1, -0.05) is 0 Å². The van der Waals surface area contributed by atoms with E-state index in [1.165, 1.54) is 4.57 Å². The summed E-state index contributed by atoms with van der Waals surface area (Å²) in [7, 11) is -12.2. The molecule has 2 aliphatic heterocycles. The number of fused-ring (bicyclic) bond motifs is 1. The lowest BCUT2D eigenvalue weighted by atomic mass is 9.94. The van der Waals surface area contributed by atoms with Crippen LogP contribution in [0.25, 0.3) is 11.2 Å². The Bertz CT molecular complexity index is 1740. The number of anilines is 1. The molecule has 0 aliphatic carbocycles. The van der Waals surface area contributed by atoms with Gasteiger partial charge in [-0.2, -0.15) is 0 Å². The van der Waals surface area contributed by atoms with Crippen molar-refractivity contribution in [2.75, 3.05) is 18.9 Å². The highest BCUT2D eigenvalue weighted by atomic mass is 31.3. The number of carbonyl (C=O) groups is 4. The van der Waals surface area contributed by atoms with Crippen LogP contribution in [-0.4, -0.2) is 127 Å². The quantitative estimate of drug-likeness (QED) is 0.0818.